The topological polar surface area (TPSA) is 79.8 Å². The number of rotatable bonds is 6. The Balaban J connectivity index is 1.91. The molecule has 2 aromatic rings. The second kappa shape index (κ2) is 9.79. The van der Waals surface area contributed by atoms with Crippen molar-refractivity contribution in [1.29, 1.82) is 0 Å². The van der Waals surface area contributed by atoms with Crippen LogP contribution in [0.15, 0.2) is 47.6 Å². The molecule has 0 aliphatic heterocycles. The van der Waals surface area contributed by atoms with Gasteiger partial charge in [0, 0.05) is 11.6 Å². The fourth-order valence-corrected chi connectivity index (χ4v) is 2.28. The summed E-state index contributed by atoms with van der Waals surface area (Å²) in [4.78, 5) is 22.6. The van der Waals surface area contributed by atoms with Crippen molar-refractivity contribution in [2.24, 2.45) is 5.10 Å². The highest BCUT2D eigenvalue weighted by Crippen LogP contribution is 2.26. The lowest BCUT2D eigenvalue weighted by molar-refractivity contribution is -0.139. The first kappa shape index (κ1) is 19.8. The average Bonchev–Trinajstić information content (AvgIpc) is 2.62. The molecule has 0 unspecified atom stereocenters. The van der Waals surface area contributed by atoms with Crippen molar-refractivity contribution < 1.29 is 14.3 Å². The molecule has 0 radical (unpaired) electrons. The van der Waals surface area contributed by atoms with Gasteiger partial charge < -0.3 is 10.1 Å². The third-order valence-corrected chi connectivity index (χ3v) is 3.73. The van der Waals surface area contributed by atoms with E-state index >= 15 is 0 Å². The second-order valence-corrected chi connectivity index (χ2v) is 6.01. The summed E-state index contributed by atoms with van der Waals surface area (Å²) in [6.45, 7) is 2.43. The number of nitrogens with one attached hydrogen (secondary N) is 2. The van der Waals surface area contributed by atoms with E-state index in [0.717, 1.165) is 5.56 Å². The summed E-state index contributed by atoms with van der Waals surface area (Å²) in [6, 6.07) is 12.4. The number of amides is 2. The number of hydrogen-bond acceptors (Lipinski definition) is 4. The van der Waals surface area contributed by atoms with Crippen LogP contribution < -0.4 is 15.5 Å². The number of halogens is 2. The Morgan fingerprint density at radius 2 is 1.85 bits per heavy atom. The van der Waals surface area contributed by atoms with Crippen molar-refractivity contribution in [2.45, 2.75) is 13.5 Å². The molecule has 26 heavy (non-hydrogen) atoms. The molecule has 0 heterocycles. The van der Waals surface area contributed by atoms with Gasteiger partial charge in [-0.05, 0) is 48.4 Å². The minimum absolute atomic E-state index is 0.354. The van der Waals surface area contributed by atoms with Crippen LogP contribution >= 0.6 is 23.2 Å². The number of carbonyl (C=O) groups is 2. The van der Waals surface area contributed by atoms with Gasteiger partial charge in [-0.15, -0.1) is 0 Å². The van der Waals surface area contributed by atoms with Gasteiger partial charge in [-0.2, -0.15) is 5.10 Å². The SMILES string of the molecule is CCNC(=O)C(=O)N/N=C\c1ccc(OCc2ccc(Cl)cc2)c(Cl)c1. The summed E-state index contributed by atoms with van der Waals surface area (Å²) >= 11 is 12.0. The normalized spacial score (nSPS) is 10.6. The van der Waals surface area contributed by atoms with E-state index in [2.05, 4.69) is 15.8 Å². The number of hydrazone groups is 1. The molecule has 0 saturated carbocycles. The minimum Gasteiger partial charge on any atom is -0.487 e. The Morgan fingerprint density at radius 1 is 1.12 bits per heavy atom. The van der Waals surface area contributed by atoms with Crippen LogP contribution in [0.5, 0.6) is 5.75 Å². The van der Waals surface area contributed by atoms with Crippen LogP contribution in [-0.2, 0) is 16.2 Å². The van der Waals surface area contributed by atoms with Crippen LogP contribution in [0.2, 0.25) is 10.0 Å². The molecule has 2 N–H and O–H groups in total. The fraction of sp³-hybridized carbons (Fsp3) is 0.167. The first-order valence-electron chi connectivity index (χ1n) is 7.77. The third-order valence-electron chi connectivity index (χ3n) is 3.19. The van der Waals surface area contributed by atoms with Crippen molar-refractivity contribution in [2.75, 3.05) is 6.54 Å². The van der Waals surface area contributed by atoms with E-state index in [1.807, 2.05) is 12.1 Å². The fourth-order valence-electron chi connectivity index (χ4n) is 1.91. The molecule has 136 valence electrons. The zero-order valence-electron chi connectivity index (χ0n) is 14.0. The Labute approximate surface area is 161 Å². The lowest BCUT2D eigenvalue weighted by Crippen LogP contribution is -2.37. The number of benzene rings is 2. The van der Waals surface area contributed by atoms with Crippen LogP contribution in [-0.4, -0.2) is 24.6 Å². The zero-order valence-corrected chi connectivity index (χ0v) is 15.5. The van der Waals surface area contributed by atoms with Crippen molar-refractivity contribution in [3.63, 3.8) is 0 Å². The smallest absolute Gasteiger partial charge is 0.329 e. The molecule has 8 heteroatoms. The van der Waals surface area contributed by atoms with Gasteiger partial charge >= 0.3 is 11.8 Å². The molecule has 0 spiro atoms. The first-order chi connectivity index (χ1) is 12.5. The summed E-state index contributed by atoms with van der Waals surface area (Å²) < 4.78 is 5.68. The average molecular weight is 394 g/mol. The molecule has 2 rings (SSSR count). The van der Waals surface area contributed by atoms with Crippen LogP contribution in [0.1, 0.15) is 18.1 Å². The van der Waals surface area contributed by atoms with Gasteiger partial charge in [-0.1, -0.05) is 35.3 Å². The van der Waals surface area contributed by atoms with Crippen molar-refractivity contribution in [1.82, 2.24) is 10.7 Å². The first-order valence-corrected chi connectivity index (χ1v) is 8.53. The molecule has 0 aromatic heterocycles. The van der Waals surface area contributed by atoms with Gasteiger partial charge in [0.05, 0.1) is 11.2 Å². The number of carbonyl (C=O) groups excluding carboxylic acids is 2. The van der Waals surface area contributed by atoms with E-state index in [0.29, 0.717) is 34.5 Å². The van der Waals surface area contributed by atoms with Gasteiger partial charge in [0.1, 0.15) is 12.4 Å². The maximum absolute atomic E-state index is 11.4. The second-order valence-electron chi connectivity index (χ2n) is 5.16. The van der Waals surface area contributed by atoms with Gasteiger partial charge in [0.25, 0.3) is 0 Å². The van der Waals surface area contributed by atoms with Gasteiger partial charge in [0.15, 0.2) is 0 Å². The number of likely N-dealkylation sites (N-methyl/N-ethyl adjacent to an activating group) is 1. The van der Waals surface area contributed by atoms with Crippen LogP contribution in [0.4, 0.5) is 0 Å². The van der Waals surface area contributed by atoms with Crippen molar-refractivity contribution in [3.05, 3.63) is 63.6 Å². The summed E-state index contributed by atoms with van der Waals surface area (Å²) in [5.74, 6) is -1.06. The summed E-state index contributed by atoms with van der Waals surface area (Å²) in [7, 11) is 0. The van der Waals surface area contributed by atoms with Gasteiger partial charge in [-0.3, -0.25) is 9.59 Å². The maximum atomic E-state index is 11.4. The summed E-state index contributed by atoms with van der Waals surface area (Å²) in [5.41, 5.74) is 3.74. The van der Waals surface area contributed by atoms with E-state index in [-0.39, 0.29) is 0 Å². The molecule has 0 fully saturated rings. The lowest BCUT2D eigenvalue weighted by atomic mass is 10.2. The highest BCUT2D eigenvalue weighted by Gasteiger charge is 2.10. The Hall–Kier alpha value is -2.57. The third kappa shape index (κ3) is 6.06. The molecule has 0 atom stereocenters. The van der Waals surface area contributed by atoms with Gasteiger partial charge in [-0.25, -0.2) is 5.43 Å². The molecule has 0 saturated heterocycles. The molecule has 0 aliphatic carbocycles. The molecule has 0 bridgehead atoms. The van der Waals surface area contributed by atoms with Crippen LogP contribution in [0.3, 0.4) is 0 Å². The zero-order chi connectivity index (χ0) is 18.9. The van der Waals surface area contributed by atoms with Crippen LogP contribution in [0, 0.1) is 0 Å². The van der Waals surface area contributed by atoms with E-state index in [9.17, 15) is 9.59 Å². The Bertz CT molecular complexity index is 808. The van der Waals surface area contributed by atoms with E-state index in [4.69, 9.17) is 27.9 Å². The number of hydrogen-bond donors (Lipinski definition) is 2. The van der Waals surface area contributed by atoms with E-state index < -0.39 is 11.8 Å². The molecule has 2 amide bonds. The lowest BCUT2D eigenvalue weighted by Gasteiger charge is -2.08. The quantitative estimate of drug-likeness (QED) is 0.449. The maximum Gasteiger partial charge on any atom is 0.329 e. The monoisotopic (exact) mass is 393 g/mol. The predicted octanol–water partition coefficient (Wildman–Crippen LogP) is 3.16. The van der Waals surface area contributed by atoms with Crippen molar-refractivity contribution in [3.8, 4) is 5.75 Å². The van der Waals surface area contributed by atoms with Crippen LogP contribution in [0.25, 0.3) is 0 Å². The highest BCUT2D eigenvalue weighted by atomic mass is 35.5. The molecule has 0 aliphatic rings. The largest absolute Gasteiger partial charge is 0.487 e. The van der Waals surface area contributed by atoms with E-state index in [1.165, 1.54) is 6.21 Å². The molecular weight excluding hydrogens is 377 g/mol. The number of ether oxygens (including phenoxy) is 1. The van der Waals surface area contributed by atoms with E-state index in [1.54, 1.807) is 37.3 Å². The predicted molar refractivity (Wildman–Crippen MR) is 102 cm³/mol. The Kier molecular flexibility index (Phi) is 7.44. The molecule has 2 aromatic carbocycles. The Morgan fingerprint density at radius 3 is 2.50 bits per heavy atom. The van der Waals surface area contributed by atoms with Crippen molar-refractivity contribution >= 4 is 41.2 Å². The minimum atomic E-state index is -0.836. The summed E-state index contributed by atoms with van der Waals surface area (Å²) in [6.07, 6.45) is 1.38. The number of nitrogens with zero attached hydrogens (tertiary/aromatic N) is 1. The highest BCUT2D eigenvalue weighted by molar-refractivity contribution is 6.35. The molecule has 6 nitrogen and oxygen atoms in total. The van der Waals surface area contributed by atoms with Gasteiger partial charge in [0.2, 0.25) is 0 Å². The standard InChI is InChI=1S/C18H17Cl2N3O3/c1-2-21-17(24)18(25)23-22-10-13-5-8-16(15(20)9-13)26-11-12-3-6-14(19)7-4-12/h3-10H,2,11H2,1H3,(H,21,24)(H,23,25)/b22-10-. The summed E-state index contributed by atoms with van der Waals surface area (Å²) in [5, 5.41) is 7.15. The molecular formula is C18H17Cl2N3O3.